The molecule has 0 aliphatic heterocycles. The Kier molecular flexibility index (Phi) is 4.37. The van der Waals surface area contributed by atoms with Crippen molar-refractivity contribution < 1.29 is 0 Å². The van der Waals surface area contributed by atoms with Crippen molar-refractivity contribution in [3.05, 3.63) is 59.3 Å². The SMILES string of the molecule is Cc1cc(C#N)cc(N(Cc2ccccc2)C(C)C)n1. The van der Waals surface area contributed by atoms with Crippen molar-refractivity contribution in [3.8, 4) is 6.07 Å². The molecule has 0 aliphatic rings. The number of hydrogen-bond acceptors (Lipinski definition) is 3. The highest BCUT2D eigenvalue weighted by atomic mass is 15.2. The summed E-state index contributed by atoms with van der Waals surface area (Å²) in [7, 11) is 0. The molecule has 0 radical (unpaired) electrons. The minimum atomic E-state index is 0.316. The van der Waals surface area contributed by atoms with Gasteiger partial charge < -0.3 is 4.90 Å². The number of rotatable bonds is 4. The zero-order chi connectivity index (χ0) is 14.5. The van der Waals surface area contributed by atoms with E-state index in [9.17, 15) is 0 Å². The lowest BCUT2D eigenvalue weighted by molar-refractivity contribution is 0.671. The van der Waals surface area contributed by atoms with Crippen molar-refractivity contribution in [1.29, 1.82) is 5.26 Å². The summed E-state index contributed by atoms with van der Waals surface area (Å²) in [6.45, 7) is 6.99. The van der Waals surface area contributed by atoms with Crippen molar-refractivity contribution >= 4 is 5.82 Å². The first-order chi connectivity index (χ1) is 9.60. The fraction of sp³-hybridized carbons (Fsp3) is 0.294. The van der Waals surface area contributed by atoms with Crippen LogP contribution in [0.1, 0.15) is 30.7 Å². The van der Waals surface area contributed by atoms with Crippen LogP contribution in [0.2, 0.25) is 0 Å². The molecule has 3 nitrogen and oxygen atoms in total. The fourth-order valence-corrected chi connectivity index (χ4v) is 2.17. The van der Waals surface area contributed by atoms with Gasteiger partial charge in [-0.1, -0.05) is 30.3 Å². The maximum atomic E-state index is 9.10. The minimum Gasteiger partial charge on any atom is -0.350 e. The third kappa shape index (κ3) is 3.36. The summed E-state index contributed by atoms with van der Waals surface area (Å²) in [5.74, 6) is 0.861. The van der Waals surface area contributed by atoms with E-state index in [0.717, 1.165) is 18.1 Å². The number of anilines is 1. The Balaban J connectivity index is 2.34. The molecule has 3 heteroatoms. The van der Waals surface area contributed by atoms with E-state index in [1.807, 2.05) is 37.3 Å². The summed E-state index contributed by atoms with van der Waals surface area (Å²) >= 11 is 0. The van der Waals surface area contributed by atoms with Crippen molar-refractivity contribution in [2.45, 2.75) is 33.4 Å². The highest BCUT2D eigenvalue weighted by Crippen LogP contribution is 2.20. The Morgan fingerprint density at radius 2 is 1.90 bits per heavy atom. The van der Waals surface area contributed by atoms with Crippen molar-refractivity contribution in [2.24, 2.45) is 0 Å². The van der Waals surface area contributed by atoms with Gasteiger partial charge in [0.2, 0.25) is 0 Å². The van der Waals surface area contributed by atoms with E-state index in [4.69, 9.17) is 5.26 Å². The van der Waals surface area contributed by atoms with Crippen molar-refractivity contribution in [3.63, 3.8) is 0 Å². The van der Waals surface area contributed by atoms with E-state index in [0.29, 0.717) is 11.6 Å². The molecule has 2 aromatic rings. The zero-order valence-corrected chi connectivity index (χ0v) is 12.2. The molecule has 1 aromatic carbocycles. The molecule has 0 amide bonds. The summed E-state index contributed by atoms with van der Waals surface area (Å²) in [6, 6.07) is 16.5. The topological polar surface area (TPSA) is 39.9 Å². The lowest BCUT2D eigenvalue weighted by Gasteiger charge is -2.28. The van der Waals surface area contributed by atoms with Crippen LogP contribution in [0.5, 0.6) is 0 Å². The van der Waals surface area contributed by atoms with Gasteiger partial charge in [-0.3, -0.25) is 0 Å². The van der Waals surface area contributed by atoms with Gasteiger partial charge in [-0.15, -0.1) is 0 Å². The fourth-order valence-electron chi connectivity index (χ4n) is 2.17. The molecule has 0 saturated heterocycles. The lowest BCUT2D eigenvalue weighted by atomic mass is 10.1. The van der Waals surface area contributed by atoms with Gasteiger partial charge in [-0.25, -0.2) is 4.98 Å². The van der Waals surface area contributed by atoms with E-state index in [-0.39, 0.29) is 0 Å². The Morgan fingerprint density at radius 1 is 1.20 bits per heavy atom. The predicted octanol–water partition coefficient (Wildman–Crippen LogP) is 3.68. The van der Waals surface area contributed by atoms with Gasteiger partial charge in [0.15, 0.2) is 0 Å². The smallest absolute Gasteiger partial charge is 0.130 e. The third-order valence-electron chi connectivity index (χ3n) is 3.18. The molecule has 2 rings (SSSR count). The van der Waals surface area contributed by atoms with Crippen LogP contribution in [0, 0.1) is 18.3 Å². The summed E-state index contributed by atoms with van der Waals surface area (Å²) in [6.07, 6.45) is 0. The Hall–Kier alpha value is -2.34. The molecule has 1 heterocycles. The number of aromatic nitrogens is 1. The van der Waals surface area contributed by atoms with E-state index >= 15 is 0 Å². The van der Waals surface area contributed by atoms with Gasteiger partial charge in [0, 0.05) is 18.3 Å². The second-order valence-electron chi connectivity index (χ2n) is 5.17. The molecule has 0 spiro atoms. The number of pyridine rings is 1. The van der Waals surface area contributed by atoms with Crippen LogP contribution >= 0.6 is 0 Å². The first-order valence-corrected chi connectivity index (χ1v) is 6.79. The maximum absolute atomic E-state index is 9.10. The van der Waals surface area contributed by atoms with Gasteiger partial charge in [-0.05, 0) is 38.5 Å². The van der Waals surface area contributed by atoms with E-state index in [1.165, 1.54) is 5.56 Å². The molecule has 0 bridgehead atoms. The van der Waals surface area contributed by atoms with Gasteiger partial charge >= 0.3 is 0 Å². The average molecular weight is 265 g/mol. The van der Waals surface area contributed by atoms with E-state index in [1.54, 1.807) is 0 Å². The predicted molar refractivity (Wildman–Crippen MR) is 81.5 cm³/mol. The number of benzene rings is 1. The zero-order valence-electron chi connectivity index (χ0n) is 12.2. The Labute approximate surface area is 120 Å². The van der Waals surface area contributed by atoms with E-state index in [2.05, 4.69) is 41.9 Å². The van der Waals surface area contributed by atoms with Crippen LogP contribution in [-0.2, 0) is 6.54 Å². The second kappa shape index (κ2) is 6.21. The average Bonchev–Trinajstić information content (AvgIpc) is 2.44. The van der Waals surface area contributed by atoms with E-state index < -0.39 is 0 Å². The molecule has 0 N–H and O–H groups in total. The van der Waals surface area contributed by atoms with Crippen LogP contribution in [0.4, 0.5) is 5.82 Å². The molecule has 102 valence electrons. The molecule has 0 saturated carbocycles. The maximum Gasteiger partial charge on any atom is 0.130 e. The number of nitriles is 1. The highest BCUT2D eigenvalue weighted by Gasteiger charge is 2.13. The molecule has 1 aromatic heterocycles. The Bertz CT molecular complexity index is 612. The largest absolute Gasteiger partial charge is 0.350 e. The molecule has 0 aliphatic carbocycles. The molecule has 0 atom stereocenters. The minimum absolute atomic E-state index is 0.316. The summed E-state index contributed by atoms with van der Waals surface area (Å²) < 4.78 is 0. The number of nitrogens with zero attached hydrogens (tertiary/aromatic N) is 3. The van der Waals surface area contributed by atoms with Crippen LogP contribution in [-0.4, -0.2) is 11.0 Å². The summed E-state index contributed by atoms with van der Waals surface area (Å²) in [5, 5.41) is 9.10. The van der Waals surface area contributed by atoms with Crippen molar-refractivity contribution in [1.82, 2.24) is 4.98 Å². The van der Waals surface area contributed by atoms with Gasteiger partial charge in [-0.2, -0.15) is 5.26 Å². The molecular weight excluding hydrogens is 246 g/mol. The number of hydrogen-bond donors (Lipinski definition) is 0. The summed E-state index contributed by atoms with van der Waals surface area (Å²) in [5.41, 5.74) is 2.77. The molecule has 0 unspecified atom stereocenters. The Morgan fingerprint density at radius 3 is 2.50 bits per heavy atom. The van der Waals surface area contributed by atoms with Crippen LogP contribution in [0.3, 0.4) is 0 Å². The quantitative estimate of drug-likeness (QED) is 0.846. The van der Waals surface area contributed by atoms with Gasteiger partial charge in [0.05, 0.1) is 11.6 Å². The van der Waals surface area contributed by atoms with Crippen LogP contribution in [0.15, 0.2) is 42.5 Å². The first-order valence-electron chi connectivity index (χ1n) is 6.79. The standard InChI is InChI=1S/C17H19N3/c1-13(2)20(12-15-7-5-4-6-8-15)17-10-16(11-18)9-14(3)19-17/h4-10,13H,12H2,1-3H3. The van der Waals surface area contributed by atoms with Gasteiger partial charge in [0.1, 0.15) is 5.82 Å². The lowest BCUT2D eigenvalue weighted by Crippen LogP contribution is -2.31. The normalized spacial score (nSPS) is 10.3. The monoisotopic (exact) mass is 265 g/mol. The molecule has 0 fully saturated rings. The third-order valence-corrected chi connectivity index (χ3v) is 3.18. The molecular formula is C17H19N3. The second-order valence-corrected chi connectivity index (χ2v) is 5.17. The first kappa shape index (κ1) is 14.1. The summed E-state index contributed by atoms with van der Waals surface area (Å²) in [4.78, 5) is 6.79. The molecule has 20 heavy (non-hydrogen) atoms. The van der Waals surface area contributed by atoms with Gasteiger partial charge in [0.25, 0.3) is 0 Å². The van der Waals surface area contributed by atoms with Crippen molar-refractivity contribution in [2.75, 3.05) is 4.90 Å². The number of aryl methyl sites for hydroxylation is 1. The van der Waals surface area contributed by atoms with Crippen LogP contribution in [0.25, 0.3) is 0 Å². The van der Waals surface area contributed by atoms with Crippen LogP contribution < -0.4 is 4.90 Å². The highest BCUT2D eigenvalue weighted by molar-refractivity contribution is 5.47.